The summed E-state index contributed by atoms with van der Waals surface area (Å²) < 4.78 is 5.73. The van der Waals surface area contributed by atoms with Crippen molar-refractivity contribution in [2.75, 3.05) is 19.5 Å². The van der Waals surface area contributed by atoms with Crippen molar-refractivity contribution in [2.45, 2.75) is 12.5 Å². The fourth-order valence-corrected chi connectivity index (χ4v) is 1.98. The van der Waals surface area contributed by atoms with Crippen molar-refractivity contribution in [3.63, 3.8) is 0 Å². The molecule has 0 aliphatic carbocycles. The van der Waals surface area contributed by atoms with E-state index in [0.29, 0.717) is 30.2 Å². The molecule has 1 aliphatic heterocycles. The number of rotatable bonds is 2. The summed E-state index contributed by atoms with van der Waals surface area (Å²) in [5.74, 6) is 1.03. The van der Waals surface area contributed by atoms with Crippen LogP contribution in [-0.2, 0) is 0 Å². The molecule has 1 aromatic heterocycles. The first-order valence-corrected chi connectivity index (χ1v) is 5.68. The van der Waals surface area contributed by atoms with Gasteiger partial charge in [-0.25, -0.2) is 0 Å². The van der Waals surface area contributed by atoms with Gasteiger partial charge in [-0.3, -0.25) is 9.78 Å². The number of pyridine rings is 1. The number of carbonyl (C=O) groups is 1. The molecule has 0 aromatic carbocycles. The summed E-state index contributed by atoms with van der Waals surface area (Å²) in [4.78, 5) is 17.6. The highest BCUT2D eigenvalue weighted by molar-refractivity contribution is 6.17. The van der Waals surface area contributed by atoms with E-state index < -0.39 is 0 Å². The van der Waals surface area contributed by atoms with Crippen molar-refractivity contribution in [1.82, 2.24) is 9.88 Å². The smallest absolute Gasteiger partial charge is 0.257 e. The van der Waals surface area contributed by atoms with E-state index in [1.807, 2.05) is 0 Å². The van der Waals surface area contributed by atoms with Gasteiger partial charge in [-0.1, -0.05) is 0 Å². The molecule has 1 atom stereocenters. The standard InChI is InChI=1S/C11H13ClN2O2.ClH/c1-14-7-8(2-4-12)16-10-6-13-5-3-9(10)11(14)15;/h3,5-6,8H,2,4,7H2,1H3;1H. The van der Waals surface area contributed by atoms with Crippen LogP contribution in [0.1, 0.15) is 16.8 Å². The van der Waals surface area contributed by atoms with E-state index >= 15 is 0 Å². The predicted octanol–water partition coefficient (Wildman–Crippen LogP) is 1.97. The number of nitrogens with zero attached hydrogens (tertiary/aromatic N) is 2. The molecule has 4 nitrogen and oxygen atoms in total. The van der Waals surface area contributed by atoms with E-state index in [1.54, 1.807) is 30.4 Å². The highest BCUT2D eigenvalue weighted by Crippen LogP contribution is 2.24. The van der Waals surface area contributed by atoms with Crippen LogP contribution in [0.3, 0.4) is 0 Å². The lowest BCUT2D eigenvalue weighted by Crippen LogP contribution is -2.34. The Hall–Kier alpha value is -1.00. The van der Waals surface area contributed by atoms with Crippen molar-refractivity contribution < 1.29 is 9.53 Å². The zero-order chi connectivity index (χ0) is 11.5. The molecular weight excluding hydrogens is 263 g/mol. The van der Waals surface area contributed by atoms with Gasteiger partial charge in [0, 0.05) is 19.1 Å². The number of ether oxygens (including phenoxy) is 1. The van der Waals surface area contributed by atoms with Gasteiger partial charge in [0.2, 0.25) is 0 Å². The highest BCUT2D eigenvalue weighted by Gasteiger charge is 2.26. The van der Waals surface area contributed by atoms with Crippen LogP contribution in [0.5, 0.6) is 5.75 Å². The Morgan fingerprint density at radius 1 is 1.65 bits per heavy atom. The maximum Gasteiger partial charge on any atom is 0.257 e. The second-order valence-corrected chi connectivity index (χ2v) is 4.15. The average Bonchev–Trinajstić information content (AvgIpc) is 2.39. The quantitative estimate of drug-likeness (QED) is 0.776. The van der Waals surface area contributed by atoms with Crippen LogP contribution < -0.4 is 4.74 Å². The van der Waals surface area contributed by atoms with E-state index in [-0.39, 0.29) is 24.4 Å². The van der Waals surface area contributed by atoms with Crippen LogP contribution in [0.4, 0.5) is 0 Å². The maximum atomic E-state index is 12.0. The van der Waals surface area contributed by atoms with E-state index in [9.17, 15) is 4.79 Å². The number of hydrogen-bond donors (Lipinski definition) is 0. The fourth-order valence-electron chi connectivity index (χ4n) is 1.73. The minimum Gasteiger partial charge on any atom is -0.486 e. The molecule has 2 rings (SSSR count). The topological polar surface area (TPSA) is 42.4 Å². The lowest BCUT2D eigenvalue weighted by molar-refractivity contribution is 0.0759. The van der Waals surface area contributed by atoms with Crippen LogP contribution in [0, 0.1) is 0 Å². The van der Waals surface area contributed by atoms with E-state index in [4.69, 9.17) is 16.3 Å². The largest absolute Gasteiger partial charge is 0.486 e. The Kier molecular flexibility index (Phi) is 5.02. The third-order valence-electron chi connectivity index (χ3n) is 2.56. The molecule has 94 valence electrons. The first-order chi connectivity index (χ1) is 7.72. The molecule has 0 radical (unpaired) electrons. The van der Waals surface area contributed by atoms with Gasteiger partial charge in [-0.05, 0) is 12.5 Å². The maximum absolute atomic E-state index is 12.0. The van der Waals surface area contributed by atoms with E-state index in [0.717, 1.165) is 0 Å². The molecule has 0 saturated carbocycles. The molecule has 0 spiro atoms. The average molecular weight is 277 g/mol. The van der Waals surface area contributed by atoms with Gasteiger partial charge >= 0.3 is 0 Å². The molecule has 0 N–H and O–H groups in total. The van der Waals surface area contributed by atoms with Crippen LogP contribution in [0.15, 0.2) is 18.5 Å². The Morgan fingerprint density at radius 3 is 3.12 bits per heavy atom. The molecule has 2 heterocycles. The summed E-state index contributed by atoms with van der Waals surface area (Å²) in [6.45, 7) is 0.556. The number of alkyl halides is 1. The zero-order valence-electron chi connectivity index (χ0n) is 9.43. The predicted molar refractivity (Wildman–Crippen MR) is 68.2 cm³/mol. The fraction of sp³-hybridized carbons (Fsp3) is 0.455. The van der Waals surface area contributed by atoms with Crippen molar-refractivity contribution in [3.8, 4) is 5.75 Å². The molecule has 1 amide bonds. The van der Waals surface area contributed by atoms with Gasteiger partial charge in [0.05, 0.1) is 18.3 Å². The van der Waals surface area contributed by atoms with Gasteiger partial charge < -0.3 is 9.64 Å². The van der Waals surface area contributed by atoms with Crippen molar-refractivity contribution >= 4 is 29.9 Å². The number of carbonyl (C=O) groups excluding carboxylic acids is 1. The first-order valence-electron chi connectivity index (χ1n) is 5.14. The monoisotopic (exact) mass is 276 g/mol. The minimum absolute atomic E-state index is 0. The van der Waals surface area contributed by atoms with Crippen LogP contribution in [-0.4, -0.2) is 41.4 Å². The van der Waals surface area contributed by atoms with Gasteiger partial charge in [-0.15, -0.1) is 24.0 Å². The summed E-state index contributed by atoms with van der Waals surface area (Å²) in [5.41, 5.74) is 0.564. The molecule has 17 heavy (non-hydrogen) atoms. The molecule has 0 fully saturated rings. The SMILES string of the molecule is CN1CC(CCCl)Oc2cnccc2C1=O.Cl. The third kappa shape index (κ3) is 3.01. The van der Waals surface area contributed by atoms with Crippen LogP contribution in [0.2, 0.25) is 0 Å². The molecule has 0 saturated heterocycles. The lowest BCUT2D eigenvalue weighted by atomic mass is 10.2. The number of aromatic nitrogens is 1. The minimum atomic E-state index is -0.0584. The zero-order valence-corrected chi connectivity index (χ0v) is 11.0. The van der Waals surface area contributed by atoms with Gasteiger partial charge in [0.1, 0.15) is 6.10 Å². The molecule has 1 aliphatic rings. The summed E-state index contributed by atoms with van der Waals surface area (Å²) >= 11 is 5.70. The Labute approximate surface area is 111 Å². The van der Waals surface area contributed by atoms with E-state index in [1.165, 1.54) is 0 Å². The summed E-state index contributed by atoms with van der Waals surface area (Å²) in [5, 5.41) is 0. The molecular formula is C11H14Cl2N2O2. The summed E-state index contributed by atoms with van der Waals surface area (Å²) in [7, 11) is 1.77. The normalized spacial score (nSPS) is 18.8. The van der Waals surface area contributed by atoms with Gasteiger partial charge in [0.15, 0.2) is 5.75 Å². The molecule has 1 unspecified atom stereocenters. The molecule has 6 heteroatoms. The summed E-state index contributed by atoms with van der Waals surface area (Å²) in [6, 6.07) is 1.68. The summed E-state index contributed by atoms with van der Waals surface area (Å²) in [6.07, 6.45) is 3.83. The number of fused-ring (bicyclic) bond motifs is 1. The Balaban J connectivity index is 0.00000144. The first kappa shape index (κ1) is 14.1. The molecule has 1 aromatic rings. The highest BCUT2D eigenvalue weighted by atomic mass is 35.5. The van der Waals surface area contributed by atoms with Crippen molar-refractivity contribution in [1.29, 1.82) is 0 Å². The van der Waals surface area contributed by atoms with Crippen molar-refractivity contribution in [2.24, 2.45) is 0 Å². The third-order valence-corrected chi connectivity index (χ3v) is 2.78. The second kappa shape index (κ2) is 6.07. The second-order valence-electron chi connectivity index (χ2n) is 3.78. The Bertz CT molecular complexity index is 401. The lowest BCUT2D eigenvalue weighted by Gasteiger charge is -2.19. The number of halogens is 2. The number of likely N-dealkylation sites (N-methyl/N-ethyl adjacent to an activating group) is 1. The van der Waals surface area contributed by atoms with Crippen LogP contribution in [0.25, 0.3) is 0 Å². The van der Waals surface area contributed by atoms with E-state index in [2.05, 4.69) is 4.98 Å². The van der Waals surface area contributed by atoms with Crippen LogP contribution >= 0.6 is 24.0 Å². The van der Waals surface area contributed by atoms with Crippen molar-refractivity contribution in [3.05, 3.63) is 24.0 Å². The number of hydrogen-bond acceptors (Lipinski definition) is 3. The Morgan fingerprint density at radius 2 is 2.41 bits per heavy atom. The number of amides is 1. The van der Waals surface area contributed by atoms with Gasteiger partial charge in [0.25, 0.3) is 5.91 Å². The molecule has 0 bridgehead atoms. The van der Waals surface area contributed by atoms with Gasteiger partial charge in [-0.2, -0.15) is 0 Å².